The first-order valence-corrected chi connectivity index (χ1v) is 7.06. The predicted octanol–water partition coefficient (Wildman–Crippen LogP) is 5.09. The van der Waals surface area contributed by atoms with Gasteiger partial charge >= 0.3 is 6.03 Å². The van der Waals surface area contributed by atoms with Gasteiger partial charge in [0, 0.05) is 21.9 Å². The van der Waals surface area contributed by atoms with Gasteiger partial charge in [-0.25, -0.2) is 4.79 Å². The Morgan fingerprint density at radius 1 is 1.14 bits per heavy atom. The van der Waals surface area contributed by atoms with Crippen LogP contribution in [0, 0.1) is 6.92 Å². The third-order valence-electron chi connectivity index (χ3n) is 2.77. The lowest BCUT2D eigenvalue weighted by Crippen LogP contribution is -2.23. The largest absolute Gasteiger partial charge is 0.323 e. The first kappa shape index (κ1) is 15.4. The summed E-state index contributed by atoms with van der Waals surface area (Å²) >= 11 is 11.9. The zero-order valence-corrected chi connectivity index (χ0v) is 12.9. The number of rotatable bonds is 3. The molecule has 2 rings (SSSR count). The molecule has 0 spiro atoms. The molecule has 2 aromatic rings. The van der Waals surface area contributed by atoms with Crippen molar-refractivity contribution in [1.29, 1.82) is 0 Å². The van der Waals surface area contributed by atoms with Crippen LogP contribution in [0.4, 0.5) is 10.5 Å². The lowest BCUT2D eigenvalue weighted by Gasteiger charge is -2.06. The van der Waals surface area contributed by atoms with Crippen LogP contribution in [0.2, 0.25) is 10.0 Å². The van der Waals surface area contributed by atoms with Crippen molar-refractivity contribution in [2.75, 3.05) is 5.32 Å². The van der Waals surface area contributed by atoms with Gasteiger partial charge in [0.2, 0.25) is 0 Å². The molecule has 3 nitrogen and oxygen atoms in total. The van der Waals surface area contributed by atoms with Crippen LogP contribution in [-0.2, 0) is 0 Å². The van der Waals surface area contributed by atoms with Crippen molar-refractivity contribution in [3.05, 3.63) is 69.8 Å². The van der Waals surface area contributed by atoms with E-state index in [9.17, 15) is 4.79 Å². The summed E-state index contributed by atoms with van der Waals surface area (Å²) in [6.07, 6.45) is 3.31. The van der Waals surface area contributed by atoms with Crippen molar-refractivity contribution >= 4 is 41.0 Å². The third-order valence-corrected chi connectivity index (χ3v) is 3.41. The summed E-state index contributed by atoms with van der Waals surface area (Å²) in [4.78, 5) is 11.7. The van der Waals surface area contributed by atoms with Gasteiger partial charge in [0.25, 0.3) is 0 Å². The van der Waals surface area contributed by atoms with Gasteiger partial charge in [-0.15, -0.1) is 0 Å². The Hall–Kier alpha value is -1.97. The molecule has 0 aliphatic heterocycles. The number of amides is 2. The molecule has 0 heterocycles. The van der Waals surface area contributed by atoms with Crippen molar-refractivity contribution in [3.8, 4) is 0 Å². The summed E-state index contributed by atoms with van der Waals surface area (Å²) < 4.78 is 0. The van der Waals surface area contributed by atoms with Crippen LogP contribution in [0.5, 0.6) is 0 Å². The molecule has 21 heavy (non-hydrogen) atoms. The average Bonchev–Trinajstić information content (AvgIpc) is 2.43. The fourth-order valence-electron chi connectivity index (χ4n) is 1.66. The second-order valence-corrected chi connectivity index (χ2v) is 5.29. The molecule has 0 saturated heterocycles. The van der Waals surface area contributed by atoms with E-state index in [-0.39, 0.29) is 6.03 Å². The number of anilines is 1. The first-order chi connectivity index (χ1) is 10.0. The van der Waals surface area contributed by atoms with Crippen LogP contribution in [0.15, 0.2) is 48.7 Å². The molecule has 0 bridgehead atoms. The highest BCUT2D eigenvalue weighted by Crippen LogP contribution is 2.19. The van der Waals surface area contributed by atoms with Crippen LogP contribution < -0.4 is 10.6 Å². The van der Waals surface area contributed by atoms with Gasteiger partial charge < -0.3 is 10.6 Å². The quantitative estimate of drug-likeness (QED) is 0.812. The van der Waals surface area contributed by atoms with Crippen LogP contribution in [0.25, 0.3) is 6.08 Å². The fraction of sp³-hybridized carbons (Fsp3) is 0.0625. The standard InChI is InChI=1S/C16H14Cl2N2O/c1-11-5-6-14(10-15(11)18)20-16(21)19-8-7-12-3-2-4-13(17)9-12/h2-10H,1H3,(H2,19,20,21)/b8-7+. The summed E-state index contributed by atoms with van der Waals surface area (Å²) in [7, 11) is 0. The number of urea groups is 1. The van der Waals surface area contributed by atoms with Crippen molar-refractivity contribution < 1.29 is 4.79 Å². The monoisotopic (exact) mass is 320 g/mol. The normalized spacial score (nSPS) is 10.6. The molecule has 2 aromatic carbocycles. The predicted molar refractivity (Wildman–Crippen MR) is 88.8 cm³/mol. The van der Waals surface area contributed by atoms with Crippen molar-refractivity contribution in [1.82, 2.24) is 5.32 Å². The summed E-state index contributed by atoms with van der Waals surface area (Å²) in [6, 6.07) is 12.3. The van der Waals surface area contributed by atoms with Crippen LogP contribution >= 0.6 is 23.2 Å². The van der Waals surface area contributed by atoms with Crippen molar-refractivity contribution in [2.24, 2.45) is 0 Å². The van der Waals surface area contributed by atoms with E-state index in [1.54, 1.807) is 36.5 Å². The Morgan fingerprint density at radius 3 is 2.67 bits per heavy atom. The topological polar surface area (TPSA) is 41.1 Å². The number of halogens is 2. The second-order valence-electron chi connectivity index (χ2n) is 4.45. The highest BCUT2D eigenvalue weighted by Gasteiger charge is 2.01. The van der Waals surface area contributed by atoms with E-state index in [4.69, 9.17) is 23.2 Å². The van der Waals surface area contributed by atoms with Crippen LogP contribution in [-0.4, -0.2) is 6.03 Å². The molecule has 5 heteroatoms. The first-order valence-electron chi connectivity index (χ1n) is 6.30. The Morgan fingerprint density at radius 2 is 1.95 bits per heavy atom. The van der Waals surface area contributed by atoms with Crippen molar-refractivity contribution in [3.63, 3.8) is 0 Å². The Balaban J connectivity index is 1.91. The van der Waals surface area contributed by atoms with Gasteiger partial charge in [-0.1, -0.05) is 41.4 Å². The Kier molecular flexibility index (Phi) is 5.26. The minimum absolute atomic E-state index is 0.340. The van der Waals surface area contributed by atoms with Gasteiger partial charge in [-0.3, -0.25) is 0 Å². The lowest BCUT2D eigenvalue weighted by molar-refractivity contribution is 0.255. The van der Waals surface area contributed by atoms with Crippen molar-refractivity contribution in [2.45, 2.75) is 6.92 Å². The molecule has 0 fully saturated rings. The smallest absolute Gasteiger partial charge is 0.314 e. The second kappa shape index (κ2) is 7.16. The number of nitrogens with one attached hydrogen (secondary N) is 2. The lowest BCUT2D eigenvalue weighted by atomic mass is 10.2. The Labute approximate surface area is 133 Å². The number of hydrogen-bond donors (Lipinski definition) is 2. The molecule has 0 saturated carbocycles. The van der Waals surface area contributed by atoms with E-state index in [2.05, 4.69) is 10.6 Å². The average molecular weight is 321 g/mol. The maximum absolute atomic E-state index is 11.7. The number of hydrogen-bond acceptors (Lipinski definition) is 1. The number of aryl methyl sites for hydroxylation is 1. The van der Waals surface area contributed by atoms with Gasteiger partial charge in [0.15, 0.2) is 0 Å². The molecule has 0 aliphatic rings. The van der Waals surface area contributed by atoms with E-state index in [0.29, 0.717) is 15.7 Å². The molecule has 108 valence electrons. The van der Waals surface area contributed by atoms with Crippen LogP contribution in [0.1, 0.15) is 11.1 Å². The molecular formula is C16H14Cl2N2O. The van der Waals surface area contributed by atoms with Gasteiger partial charge in [-0.05, 0) is 48.4 Å². The highest BCUT2D eigenvalue weighted by atomic mass is 35.5. The van der Waals surface area contributed by atoms with Gasteiger partial charge in [0.1, 0.15) is 0 Å². The van der Waals surface area contributed by atoms with Gasteiger partial charge in [0.05, 0.1) is 0 Å². The van der Waals surface area contributed by atoms with Gasteiger partial charge in [-0.2, -0.15) is 0 Å². The van der Waals surface area contributed by atoms with E-state index >= 15 is 0 Å². The molecule has 0 radical (unpaired) electrons. The molecule has 2 amide bonds. The van der Waals surface area contributed by atoms with Crippen LogP contribution in [0.3, 0.4) is 0 Å². The molecule has 2 N–H and O–H groups in total. The molecule has 0 unspecified atom stereocenters. The highest BCUT2D eigenvalue weighted by molar-refractivity contribution is 6.31. The minimum Gasteiger partial charge on any atom is -0.314 e. The number of carbonyl (C=O) groups is 1. The zero-order chi connectivity index (χ0) is 15.2. The summed E-state index contributed by atoms with van der Waals surface area (Å²) in [5, 5.41) is 6.57. The zero-order valence-electron chi connectivity index (χ0n) is 11.4. The number of carbonyl (C=O) groups excluding carboxylic acids is 1. The molecular weight excluding hydrogens is 307 g/mol. The maximum atomic E-state index is 11.7. The van der Waals surface area contributed by atoms with E-state index in [0.717, 1.165) is 11.1 Å². The summed E-state index contributed by atoms with van der Waals surface area (Å²) in [5.41, 5.74) is 2.50. The molecule has 0 atom stereocenters. The summed E-state index contributed by atoms with van der Waals surface area (Å²) in [5.74, 6) is 0. The minimum atomic E-state index is -0.340. The Bertz CT molecular complexity index is 684. The van der Waals surface area contributed by atoms with E-state index < -0.39 is 0 Å². The fourth-order valence-corrected chi connectivity index (χ4v) is 2.04. The van der Waals surface area contributed by atoms with E-state index in [1.807, 2.05) is 25.1 Å². The van der Waals surface area contributed by atoms with E-state index in [1.165, 1.54) is 0 Å². The maximum Gasteiger partial charge on any atom is 0.323 e. The SMILES string of the molecule is Cc1ccc(NC(=O)N/C=C/c2cccc(Cl)c2)cc1Cl. The molecule has 0 aromatic heterocycles. The number of benzene rings is 2. The third kappa shape index (κ3) is 4.81. The molecule has 0 aliphatic carbocycles. The summed E-state index contributed by atoms with van der Waals surface area (Å²) in [6.45, 7) is 1.90.